The largest absolute Gasteiger partial charge is 0.473 e. The van der Waals surface area contributed by atoms with Crippen LogP contribution < -0.4 is 4.74 Å². The molecule has 1 unspecified atom stereocenters. The van der Waals surface area contributed by atoms with Gasteiger partial charge in [-0.15, -0.1) is 0 Å². The number of nitrogens with zero attached hydrogens (tertiary/aromatic N) is 4. The van der Waals surface area contributed by atoms with Crippen LogP contribution in [0.15, 0.2) is 21.7 Å². The van der Waals surface area contributed by atoms with Crippen molar-refractivity contribution in [2.75, 3.05) is 13.1 Å². The Hall–Kier alpha value is -2.00. The number of aryl methyl sites for hydroxylation is 3. The van der Waals surface area contributed by atoms with Crippen molar-refractivity contribution in [3.63, 3.8) is 0 Å². The molecule has 2 aromatic rings. The lowest BCUT2D eigenvalue weighted by molar-refractivity contribution is 0.124. The Balaban J connectivity index is 1.78. The molecular formula is C15H20N4O4S. The van der Waals surface area contributed by atoms with Gasteiger partial charge in [0.25, 0.3) is 0 Å². The highest BCUT2D eigenvalue weighted by molar-refractivity contribution is 7.89. The SMILES string of the molecule is Cc1nccc(OC2CCCN(S(=O)(=O)c3c(C)noc3C)C2)n1. The van der Waals surface area contributed by atoms with Gasteiger partial charge in [0.2, 0.25) is 15.9 Å². The molecule has 1 atom stereocenters. The van der Waals surface area contributed by atoms with Crippen LogP contribution in [0, 0.1) is 20.8 Å². The molecule has 0 spiro atoms. The summed E-state index contributed by atoms with van der Waals surface area (Å²) in [5.41, 5.74) is 0.377. The van der Waals surface area contributed by atoms with Crippen LogP contribution in [0.25, 0.3) is 0 Å². The number of aromatic nitrogens is 3. The Morgan fingerprint density at radius 2 is 2.12 bits per heavy atom. The van der Waals surface area contributed by atoms with E-state index < -0.39 is 10.0 Å². The summed E-state index contributed by atoms with van der Waals surface area (Å²) in [5, 5.41) is 3.74. The zero-order valence-electron chi connectivity index (χ0n) is 13.9. The molecule has 9 heteroatoms. The lowest BCUT2D eigenvalue weighted by Gasteiger charge is -2.31. The van der Waals surface area contributed by atoms with Crippen LogP contribution in [0.3, 0.4) is 0 Å². The first kappa shape index (κ1) is 16.8. The van der Waals surface area contributed by atoms with Crippen molar-refractivity contribution in [1.29, 1.82) is 0 Å². The van der Waals surface area contributed by atoms with Gasteiger partial charge in [-0.05, 0) is 33.6 Å². The third kappa shape index (κ3) is 3.27. The highest BCUT2D eigenvalue weighted by Crippen LogP contribution is 2.27. The summed E-state index contributed by atoms with van der Waals surface area (Å²) in [6, 6.07) is 1.68. The van der Waals surface area contributed by atoms with Crippen LogP contribution in [0.5, 0.6) is 5.88 Å². The van der Waals surface area contributed by atoms with Gasteiger partial charge in [-0.2, -0.15) is 9.29 Å². The minimum atomic E-state index is -3.65. The van der Waals surface area contributed by atoms with E-state index in [2.05, 4.69) is 15.1 Å². The molecule has 3 rings (SSSR count). The van der Waals surface area contributed by atoms with Gasteiger partial charge < -0.3 is 9.26 Å². The van der Waals surface area contributed by atoms with E-state index in [1.165, 1.54) is 4.31 Å². The molecule has 2 aromatic heterocycles. The molecule has 1 aliphatic heterocycles. The number of rotatable bonds is 4. The van der Waals surface area contributed by atoms with Gasteiger partial charge in [-0.1, -0.05) is 5.16 Å². The van der Waals surface area contributed by atoms with Crippen molar-refractivity contribution in [3.05, 3.63) is 29.5 Å². The lowest BCUT2D eigenvalue weighted by atomic mass is 10.1. The normalized spacial score (nSPS) is 19.4. The molecule has 0 N–H and O–H groups in total. The first-order chi connectivity index (χ1) is 11.4. The van der Waals surface area contributed by atoms with Crippen molar-refractivity contribution >= 4 is 10.0 Å². The average molecular weight is 352 g/mol. The van der Waals surface area contributed by atoms with Crippen LogP contribution in [-0.4, -0.2) is 47.0 Å². The van der Waals surface area contributed by atoms with E-state index in [4.69, 9.17) is 9.26 Å². The van der Waals surface area contributed by atoms with Crippen molar-refractivity contribution in [2.45, 2.75) is 44.6 Å². The highest BCUT2D eigenvalue weighted by atomic mass is 32.2. The maximum Gasteiger partial charge on any atom is 0.248 e. The fourth-order valence-electron chi connectivity index (χ4n) is 2.86. The van der Waals surface area contributed by atoms with E-state index in [9.17, 15) is 8.42 Å². The highest BCUT2D eigenvalue weighted by Gasteiger charge is 2.35. The summed E-state index contributed by atoms with van der Waals surface area (Å²) in [7, 11) is -3.65. The second-order valence-electron chi connectivity index (χ2n) is 5.84. The zero-order valence-corrected chi connectivity index (χ0v) is 14.7. The molecule has 0 bridgehead atoms. The Morgan fingerprint density at radius 1 is 1.33 bits per heavy atom. The fourth-order valence-corrected chi connectivity index (χ4v) is 4.66. The van der Waals surface area contributed by atoms with Gasteiger partial charge in [0, 0.05) is 18.8 Å². The standard InChI is InChI=1S/C15H20N4O4S/c1-10-15(11(2)23-18-10)24(20,21)19-8-4-5-13(9-19)22-14-6-7-16-12(3)17-14/h6-7,13H,4-5,8-9H2,1-3H3. The molecule has 130 valence electrons. The molecule has 0 radical (unpaired) electrons. The molecule has 0 aromatic carbocycles. The second kappa shape index (κ2) is 6.48. The van der Waals surface area contributed by atoms with E-state index in [1.54, 1.807) is 33.0 Å². The number of sulfonamides is 1. The third-order valence-corrected chi connectivity index (χ3v) is 6.05. The molecule has 1 fully saturated rings. The van der Waals surface area contributed by atoms with E-state index in [0.29, 0.717) is 29.7 Å². The van der Waals surface area contributed by atoms with Crippen molar-refractivity contribution < 1.29 is 17.7 Å². The molecule has 0 aliphatic carbocycles. The minimum Gasteiger partial charge on any atom is -0.473 e. The zero-order chi connectivity index (χ0) is 17.3. The number of hydrogen-bond donors (Lipinski definition) is 0. The van der Waals surface area contributed by atoms with Crippen LogP contribution in [0.1, 0.15) is 30.1 Å². The summed E-state index contributed by atoms with van der Waals surface area (Å²) in [6.45, 7) is 5.74. The monoisotopic (exact) mass is 352 g/mol. The molecule has 0 amide bonds. The Labute approximate surface area is 140 Å². The van der Waals surface area contributed by atoms with Crippen molar-refractivity contribution in [3.8, 4) is 5.88 Å². The molecule has 0 saturated carbocycles. The van der Waals surface area contributed by atoms with Gasteiger partial charge >= 0.3 is 0 Å². The van der Waals surface area contributed by atoms with Gasteiger partial charge in [0.05, 0.1) is 6.54 Å². The maximum absolute atomic E-state index is 12.9. The van der Waals surface area contributed by atoms with Crippen LogP contribution in [-0.2, 0) is 10.0 Å². The number of hydrogen-bond acceptors (Lipinski definition) is 7. The molecular weight excluding hydrogens is 332 g/mol. The van der Waals surface area contributed by atoms with Crippen LogP contribution in [0.2, 0.25) is 0 Å². The van der Waals surface area contributed by atoms with Crippen LogP contribution in [0.4, 0.5) is 0 Å². The van der Waals surface area contributed by atoms with Crippen molar-refractivity contribution in [2.24, 2.45) is 0 Å². The summed E-state index contributed by atoms with van der Waals surface area (Å²) >= 11 is 0. The molecule has 1 aliphatic rings. The molecule has 24 heavy (non-hydrogen) atoms. The quantitative estimate of drug-likeness (QED) is 0.824. The topological polar surface area (TPSA) is 98.4 Å². The van der Waals surface area contributed by atoms with E-state index in [-0.39, 0.29) is 17.5 Å². The van der Waals surface area contributed by atoms with E-state index >= 15 is 0 Å². The van der Waals surface area contributed by atoms with Crippen molar-refractivity contribution in [1.82, 2.24) is 19.4 Å². The predicted octanol–water partition coefficient (Wildman–Crippen LogP) is 1.62. The van der Waals surface area contributed by atoms with Gasteiger partial charge in [0.1, 0.15) is 22.5 Å². The van der Waals surface area contributed by atoms with E-state index in [0.717, 1.165) is 12.8 Å². The molecule has 8 nitrogen and oxygen atoms in total. The number of ether oxygens (including phenoxy) is 1. The maximum atomic E-state index is 12.9. The lowest BCUT2D eigenvalue weighted by Crippen LogP contribution is -2.44. The molecule has 3 heterocycles. The fraction of sp³-hybridized carbons (Fsp3) is 0.533. The first-order valence-corrected chi connectivity index (χ1v) is 9.21. The summed E-state index contributed by atoms with van der Waals surface area (Å²) in [4.78, 5) is 8.39. The number of piperidine rings is 1. The minimum absolute atomic E-state index is 0.154. The first-order valence-electron chi connectivity index (χ1n) is 7.77. The smallest absolute Gasteiger partial charge is 0.248 e. The summed E-state index contributed by atoms with van der Waals surface area (Å²) in [5.74, 6) is 1.38. The third-order valence-electron chi connectivity index (χ3n) is 3.94. The summed E-state index contributed by atoms with van der Waals surface area (Å²) in [6.07, 6.45) is 2.87. The van der Waals surface area contributed by atoms with Gasteiger partial charge in [-0.3, -0.25) is 0 Å². The van der Waals surface area contributed by atoms with Gasteiger partial charge in [0.15, 0.2) is 5.76 Å². The Kier molecular flexibility index (Phi) is 4.55. The van der Waals surface area contributed by atoms with Crippen LogP contribution >= 0.6 is 0 Å². The summed E-state index contributed by atoms with van der Waals surface area (Å²) < 4.78 is 38.1. The van der Waals surface area contributed by atoms with Gasteiger partial charge in [-0.25, -0.2) is 13.4 Å². The Morgan fingerprint density at radius 3 is 2.79 bits per heavy atom. The Bertz CT molecular complexity index is 814. The van der Waals surface area contributed by atoms with E-state index in [1.807, 2.05) is 0 Å². The second-order valence-corrected chi connectivity index (χ2v) is 7.72. The molecule has 1 saturated heterocycles. The average Bonchev–Trinajstić information content (AvgIpc) is 2.87. The predicted molar refractivity (Wildman–Crippen MR) is 85.2 cm³/mol.